The average molecular weight is 400 g/mol. The number of nitrogens with zero attached hydrogens (tertiary/aromatic N) is 1. The first-order valence-corrected chi connectivity index (χ1v) is 9.97. The van der Waals surface area contributed by atoms with Gasteiger partial charge in [0.2, 0.25) is 0 Å². The molecular weight excluding hydrogens is 372 g/mol. The average Bonchev–Trinajstić information content (AvgIpc) is 3.43. The van der Waals surface area contributed by atoms with Crippen LogP contribution in [0.15, 0.2) is 47.1 Å². The van der Waals surface area contributed by atoms with Crippen molar-refractivity contribution in [2.24, 2.45) is 0 Å². The zero-order chi connectivity index (χ0) is 20.5. The number of hydrogen-bond acceptors (Lipinski definition) is 5. The SMILES string of the molecule is CCNC(=O)COc1ccc(NC(=O)NCC(c2ccco2)N2CCCC2)cc1. The van der Waals surface area contributed by atoms with Crippen molar-refractivity contribution in [3.05, 3.63) is 48.4 Å². The third kappa shape index (κ3) is 6.25. The van der Waals surface area contributed by atoms with Crippen LogP contribution in [0.25, 0.3) is 0 Å². The molecule has 1 unspecified atom stereocenters. The Morgan fingerprint density at radius 1 is 1.14 bits per heavy atom. The lowest BCUT2D eigenvalue weighted by molar-refractivity contribution is -0.122. The summed E-state index contributed by atoms with van der Waals surface area (Å²) in [5.74, 6) is 1.26. The van der Waals surface area contributed by atoms with Crippen LogP contribution < -0.4 is 20.7 Å². The van der Waals surface area contributed by atoms with Crippen molar-refractivity contribution in [2.75, 3.05) is 38.1 Å². The quantitative estimate of drug-likeness (QED) is 0.602. The van der Waals surface area contributed by atoms with E-state index in [1.165, 1.54) is 0 Å². The van der Waals surface area contributed by atoms with Gasteiger partial charge in [-0.1, -0.05) is 0 Å². The second-order valence-electron chi connectivity index (χ2n) is 6.88. The van der Waals surface area contributed by atoms with Crippen LogP contribution in [0.5, 0.6) is 5.75 Å². The van der Waals surface area contributed by atoms with Gasteiger partial charge in [-0.05, 0) is 69.3 Å². The molecule has 1 saturated heterocycles. The molecule has 1 atom stereocenters. The number of benzene rings is 1. The second-order valence-corrected chi connectivity index (χ2v) is 6.88. The first-order chi connectivity index (χ1) is 14.2. The van der Waals surface area contributed by atoms with E-state index in [2.05, 4.69) is 20.9 Å². The monoisotopic (exact) mass is 400 g/mol. The fourth-order valence-corrected chi connectivity index (χ4v) is 3.34. The summed E-state index contributed by atoms with van der Waals surface area (Å²) in [6, 6.07) is 10.5. The number of urea groups is 1. The maximum absolute atomic E-state index is 12.3. The number of carbonyl (C=O) groups excluding carboxylic acids is 2. The summed E-state index contributed by atoms with van der Waals surface area (Å²) in [4.78, 5) is 26.1. The minimum absolute atomic E-state index is 0.0308. The third-order valence-electron chi connectivity index (χ3n) is 4.77. The summed E-state index contributed by atoms with van der Waals surface area (Å²) in [6.07, 6.45) is 3.99. The van der Waals surface area contributed by atoms with Crippen molar-refractivity contribution in [3.8, 4) is 5.75 Å². The van der Waals surface area contributed by atoms with Gasteiger partial charge >= 0.3 is 6.03 Å². The molecule has 2 heterocycles. The Balaban J connectivity index is 1.47. The van der Waals surface area contributed by atoms with Crippen molar-refractivity contribution < 1.29 is 18.7 Å². The lowest BCUT2D eigenvalue weighted by atomic mass is 10.2. The smallest absolute Gasteiger partial charge is 0.319 e. The highest BCUT2D eigenvalue weighted by atomic mass is 16.5. The van der Waals surface area contributed by atoms with E-state index in [9.17, 15) is 9.59 Å². The van der Waals surface area contributed by atoms with Gasteiger partial charge < -0.3 is 25.1 Å². The second kappa shape index (κ2) is 10.5. The van der Waals surface area contributed by atoms with Crippen molar-refractivity contribution >= 4 is 17.6 Å². The number of anilines is 1. The van der Waals surface area contributed by atoms with E-state index >= 15 is 0 Å². The summed E-state index contributed by atoms with van der Waals surface area (Å²) in [5, 5.41) is 8.41. The molecule has 3 N–H and O–H groups in total. The number of carbonyl (C=O) groups is 2. The van der Waals surface area contributed by atoms with Gasteiger partial charge in [-0.15, -0.1) is 0 Å². The number of furan rings is 1. The van der Waals surface area contributed by atoms with E-state index in [0.717, 1.165) is 31.7 Å². The van der Waals surface area contributed by atoms with Crippen LogP contribution in [0.3, 0.4) is 0 Å². The fourth-order valence-electron chi connectivity index (χ4n) is 3.34. The molecule has 0 saturated carbocycles. The third-order valence-corrected chi connectivity index (χ3v) is 4.77. The van der Waals surface area contributed by atoms with Crippen molar-refractivity contribution in [3.63, 3.8) is 0 Å². The van der Waals surface area contributed by atoms with Crippen LogP contribution in [0, 0.1) is 0 Å². The van der Waals surface area contributed by atoms with Gasteiger partial charge in [-0.2, -0.15) is 0 Å². The molecule has 1 aromatic heterocycles. The molecule has 29 heavy (non-hydrogen) atoms. The minimum atomic E-state index is -0.281. The zero-order valence-electron chi connectivity index (χ0n) is 16.6. The van der Waals surface area contributed by atoms with Crippen LogP contribution in [0.4, 0.5) is 10.5 Å². The predicted molar refractivity (Wildman–Crippen MR) is 110 cm³/mol. The number of amides is 3. The lowest BCUT2D eigenvalue weighted by Gasteiger charge is -2.26. The van der Waals surface area contributed by atoms with Crippen molar-refractivity contribution in [1.29, 1.82) is 0 Å². The molecule has 1 fully saturated rings. The number of likely N-dealkylation sites (tertiary alicyclic amines) is 1. The summed E-state index contributed by atoms with van der Waals surface area (Å²) in [7, 11) is 0. The Morgan fingerprint density at radius 2 is 1.90 bits per heavy atom. The molecule has 1 aromatic carbocycles. The maximum atomic E-state index is 12.3. The van der Waals surface area contributed by atoms with Gasteiger partial charge in [0, 0.05) is 18.8 Å². The zero-order valence-corrected chi connectivity index (χ0v) is 16.6. The Hall–Kier alpha value is -3.00. The Kier molecular flexibility index (Phi) is 7.52. The molecule has 156 valence electrons. The highest BCUT2D eigenvalue weighted by Crippen LogP contribution is 2.25. The highest BCUT2D eigenvalue weighted by Gasteiger charge is 2.25. The lowest BCUT2D eigenvalue weighted by Crippen LogP contribution is -2.38. The summed E-state index contributed by atoms with van der Waals surface area (Å²) < 4.78 is 11.0. The molecule has 8 heteroatoms. The first-order valence-electron chi connectivity index (χ1n) is 9.97. The van der Waals surface area contributed by atoms with E-state index in [1.54, 1.807) is 30.5 Å². The van der Waals surface area contributed by atoms with E-state index < -0.39 is 0 Å². The van der Waals surface area contributed by atoms with Crippen LogP contribution in [-0.2, 0) is 4.79 Å². The summed E-state index contributed by atoms with van der Waals surface area (Å²) >= 11 is 0. The van der Waals surface area contributed by atoms with Crippen LogP contribution >= 0.6 is 0 Å². The Labute approximate surface area is 170 Å². The number of nitrogens with one attached hydrogen (secondary N) is 3. The number of hydrogen-bond donors (Lipinski definition) is 3. The van der Waals surface area contributed by atoms with Gasteiger partial charge in [0.1, 0.15) is 11.5 Å². The van der Waals surface area contributed by atoms with E-state index in [0.29, 0.717) is 24.5 Å². The molecule has 0 aliphatic carbocycles. The molecule has 8 nitrogen and oxygen atoms in total. The molecular formula is C21H28N4O4. The summed E-state index contributed by atoms with van der Waals surface area (Å²) in [6.45, 7) is 4.86. The molecule has 0 bridgehead atoms. The highest BCUT2D eigenvalue weighted by molar-refractivity contribution is 5.89. The molecule has 1 aliphatic heterocycles. The Morgan fingerprint density at radius 3 is 2.55 bits per heavy atom. The van der Waals surface area contributed by atoms with Crippen molar-refractivity contribution in [1.82, 2.24) is 15.5 Å². The van der Waals surface area contributed by atoms with E-state index in [-0.39, 0.29) is 24.6 Å². The largest absolute Gasteiger partial charge is 0.484 e. The van der Waals surface area contributed by atoms with Crippen LogP contribution in [-0.4, -0.2) is 49.6 Å². The normalized spacial score (nSPS) is 14.9. The first kappa shape index (κ1) is 20.7. The maximum Gasteiger partial charge on any atom is 0.319 e. The van der Waals surface area contributed by atoms with Gasteiger partial charge in [-0.25, -0.2) is 4.79 Å². The topological polar surface area (TPSA) is 95.8 Å². The van der Waals surface area contributed by atoms with Gasteiger partial charge in [0.15, 0.2) is 6.61 Å². The summed E-state index contributed by atoms with van der Waals surface area (Å²) in [5.41, 5.74) is 0.642. The number of ether oxygens (including phenoxy) is 1. The van der Waals surface area contributed by atoms with Crippen molar-refractivity contribution in [2.45, 2.75) is 25.8 Å². The predicted octanol–water partition coefficient (Wildman–Crippen LogP) is 2.75. The fraction of sp³-hybridized carbons (Fsp3) is 0.429. The molecule has 3 amide bonds. The van der Waals surface area contributed by atoms with Crippen LogP contribution in [0.1, 0.15) is 31.6 Å². The standard InChI is InChI=1S/C21H28N4O4/c1-2-22-20(26)15-29-17-9-7-16(8-10-17)24-21(27)23-14-18(19-6-5-13-28-19)25-11-3-4-12-25/h5-10,13,18H,2-4,11-12,14-15H2,1H3,(H,22,26)(H2,23,24,27). The van der Waals surface area contributed by atoms with E-state index in [1.807, 2.05) is 19.1 Å². The molecule has 3 rings (SSSR count). The molecule has 1 aliphatic rings. The van der Waals surface area contributed by atoms with Crippen LogP contribution in [0.2, 0.25) is 0 Å². The molecule has 2 aromatic rings. The van der Waals surface area contributed by atoms with Gasteiger partial charge in [0.25, 0.3) is 5.91 Å². The number of likely N-dealkylation sites (N-methyl/N-ethyl adjacent to an activating group) is 1. The van der Waals surface area contributed by atoms with Gasteiger partial charge in [-0.3, -0.25) is 9.69 Å². The molecule has 0 spiro atoms. The van der Waals surface area contributed by atoms with Gasteiger partial charge in [0.05, 0.1) is 12.3 Å². The number of rotatable bonds is 9. The van der Waals surface area contributed by atoms with E-state index in [4.69, 9.17) is 9.15 Å². The Bertz CT molecular complexity index is 770. The molecule has 0 radical (unpaired) electrons. The minimum Gasteiger partial charge on any atom is -0.484 e.